The zero-order chi connectivity index (χ0) is 13.7. The number of benzene rings is 1. The molecule has 0 bridgehead atoms. The molecule has 0 amide bonds. The van der Waals surface area contributed by atoms with Gasteiger partial charge in [-0.05, 0) is 31.9 Å². The first-order valence-electron chi connectivity index (χ1n) is 6.29. The van der Waals surface area contributed by atoms with E-state index in [1.165, 1.54) is 0 Å². The summed E-state index contributed by atoms with van der Waals surface area (Å²) >= 11 is 0. The molecule has 1 unspecified atom stereocenters. The Labute approximate surface area is 108 Å². The van der Waals surface area contributed by atoms with Crippen LogP contribution in [0.15, 0.2) is 24.3 Å². The number of hydrogen-bond donors (Lipinski definition) is 2. The van der Waals surface area contributed by atoms with E-state index in [2.05, 4.69) is 0 Å². The van der Waals surface area contributed by atoms with Crippen molar-refractivity contribution >= 4 is 11.7 Å². The third kappa shape index (κ3) is 3.47. The van der Waals surface area contributed by atoms with Crippen LogP contribution in [0, 0.1) is 0 Å². The summed E-state index contributed by atoms with van der Waals surface area (Å²) in [7, 11) is 0. The number of para-hydroxylation sites is 1. The largest absolute Gasteiger partial charge is 0.480 e. The monoisotopic (exact) mass is 250 g/mol. The normalized spacial score (nSPS) is 12.9. The first kappa shape index (κ1) is 14.5. The molecule has 0 spiro atoms. The standard InChI is InChI=1S/C14H22N2O2/c1-4-13(14(17)18)16(10(2)3)9-11-7-5-6-8-12(11)15/h5-8,10,13H,4,9,15H2,1-3H3,(H,17,18). The van der Waals surface area contributed by atoms with Crippen LogP contribution in [0.1, 0.15) is 32.8 Å². The molecular weight excluding hydrogens is 228 g/mol. The Kier molecular flexibility index (Phi) is 5.16. The molecule has 0 aliphatic heterocycles. The number of rotatable bonds is 6. The van der Waals surface area contributed by atoms with Gasteiger partial charge in [0.05, 0.1) is 0 Å². The molecule has 100 valence electrons. The lowest BCUT2D eigenvalue weighted by Gasteiger charge is -2.32. The number of nitrogens with two attached hydrogens (primary N) is 1. The summed E-state index contributed by atoms with van der Waals surface area (Å²) in [4.78, 5) is 13.2. The van der Waals surface area contributed by atoms with Gasteiger partial charge in [0.1, 0.15) is 6.04 Å². The van der Waals surface area contributed by atoms with E-state index in [9.17, 15) is 9.90 Å². The minimum atomic E-state index is -0.777. The van der Waals surface area contributed by atoms with E-state index in [1.54, 1.807) is 0 Å². The number of carboxylic acid groups (broad SMARTS) is 1. The van der Waals surface area contributed by atoms with Crippen molar-refractivity contribution in [2.45, 2.75) is 45.8 Å². The molecule has 3 N–H and O–H groups in total. The second-order valence-corrected chi connectivity index (χ2v) is 4.73. The Hall–Kier alpha value is -1.55. The van der Waals surface area contributed by atoms with Crippen LogP contribution in [0.3, 0.4) is 0 Å². The average Bonchev–Trinajstić information content (AvgIpc) is 2.30. The van der Waals surface area contributed by atoms with Crippen molar-refractivity contribution < 1.29 is 9.90 Å². The number of carboxylic acids is 1. The van der Waals surface area contributed by atoms with Crippen molar-refractivity contribution in [3.05, 3.63) is 29.8 Å². The molecule has 0 saturated heterocycles. The Morgan fingerprint density at radius 2 is 2.00 bits per heavy atom. The predicted octanol–water partition coefficient (Wildman–Crippen LogP) is 2.34. The van der Waals surface area contributed by atoms with Gasteiger partial charge < -0.3 is 10.8 Å². The minimum Gasteiger partial charge on any atom is -0.480 e. The fourth-order valence-corrected chi connectivity index (χ4v) is 2.08. The summed E-state index contributed by atoms with van der Waals surface area (Å²) in [5.41, 5.74) is 7.60. The van der Waals surface area contributed by atoms with Crippen molar-refractivity contribution in [1.29, 1.82) is 0 Å². The summed E-state index contributed by atoms with van der Waals surface area (Å²) in [5, 5.41) is 9.27. The quantitative estimate of drug-likeness (QED) is 0.760. The molecule has 1 rings (SSSR count). The molecule has 0 heterocycles. The van der Waals surface area contributed by atoms with Crippen LogP contribution in [0.2, 0.25) is 0 Å². The fraction of sp³-hybridized carbons (Fsp3) is 0.500. The molecule has 0 aliphatic carbocycles. The molecule has 4 heteroatoms. The van der Waals surface area contributed by atoms with Gasteiger partial charge in [0, 0.05) is 18.3 Å². The summed E-state index contributed by atoms with van der Waals surface area (Å²) in [6, 6.07) is 7.28. The molecule has 1 atom stereocenters. The lowest BCUT2D eigenvalue weighted by atomic mass is 10.1. The summed E-state index contributed by atoms with van der Waals surface area (Å²) in [5.74, 6) is -0.777. The Morgan fingerprint density at radius 3 is 2.44 bits per heavy atom. The van der Waals surface area contributed by atoms with Gasteiger partial charge in [-0.15, -0.1) is 0 Å². The number of aliphatic carboxylic acids is 1. The third-order valence-electron chi connectivity index (χ3n) is 3.14. The van der Waals surface area contributed by atoms with Crippen molar-refractivity contribution in [2.75, 3.05) is 5.73 Å². The van der Waals surface area contributed by atoms with Gasteiger partial charge in [-0.3, -0.25) is 9.69 Å². The predicted molar refractivity (Wildman–Crippen MR) is 73.2 cm³/mol. The van der Waals surface area contributed by atoms with Crippen LogP contribution in [0.25, 0.3) is 0 Å². The second kappa shape index (κ2) is 6.40. The molecule has 0 aromatic heterocycles. The number of carbonyl (C=O) groups is 1. The van der Waals surface area contributed by atoms with E-state index >= 15 is 0 Å². The summed E-state index contributed by atoms with van der Waals surface area (Å²) in [6.45, 7) is 6.47. The lowest BCUT2D eigenvalue weighted by molar-refractivity contribution is -0.144. The van der Waals surface area contributed by atoms with Crippen LogP contribution in [0.5, 0.6) is 0 Å². The van der Waals surface area contributed by atoms with E-state index in [0.717, 1.165) is 5.56 Å². The number of hydrogen-bond acceptors (Lipinski definition) is 3. The molecule has 1 aromatic rings. The molecule has 0 aliphatic rings. The van der Waals surface area contributed by atoms with E-state index < -0.39 is 12.0 Å². The van der Waals surface area contributed by atoms with Crippen molar-refractivity contribution in [2.24, 2.45) is 0 Å². The first-order chi connectivity index (χ1) is 8.47. The van der Waals surface area contributed by atoms with Crippen LogP contribution >= 0.6 is 0 Å². The van der Waals surface area contributed by atoms with Crippen molar-refractivity contribution in [3.8, 4) is 0 Å². The van der Waals surface area contributed by atoms with Gasteiger partial charge in [0.2, 0.25) is 0 Å². The van der Waals surface area contributed by atoms with Gasteiger partial charge in [-0.25, -0.2) is 0 Å². The average molecular weight is 250 g/mol. The summed E-state index contributed by atoms with van der Waals surface area (Å²) < 4.78 is 0. The highest BCUT2D eigenvalue weighted by atomic mass is 16.4. The Morgan fingerprint density at radius 1 is 1.39 bits per heavy atom. The van der Waals surface area contributed by atoms with Crippen LogP contribution in [-0.4, -0.2) is 28.1 Å². The van der Waals surface area contributed by atoms with E-state index in [0.29, 0.717) is 18.7 Å². The molecule has 0 saturated carbocycles. The molecule has 4 nitrogen and oxygen atoms in total. The third-order valence-corrected chi connectivity index (χ3v) is 3.14. The number of nitrogens with zero attached hydrogens (tertiary/aromatic N) is 1. The smallest absolute Gasteiger partial charge is 0.320 e. The van der Waals surface area contributed by atoms with E-state index in [4.69, 9.17) is 5.73 Å². The molecule has 0 fully saturated rings. The van der Waals surface area contributed by atoms with Gasteiger partial charge in [-0.1, -0.05) is 25.1 Å². The molecule has 1 aromatic carbocycles. The summed E-state index contributed by atoms with van der Waals surface area (Å²) in [6.07, 6.45) is 0.584. The second-order valence-electron chi connectivity index (χ2n) is 4.73. The molecular formula is C14H22N2O2. The lowest BCUT2D eigenvalue weighted by Crippen LogP contribution is -2.44. The number of anilines is 1. The maximum atomic E-state index is 11.3. The topological polar surface area (TPSA) is 66.6 Å². The maximum Gasteiger partial charge on any atom is 0.320 e. The zero-order valence-electron chi connectivity index (χ0n) is 11.3. The van der Waals surface area contributed by atoms with Crippen LogP contribution in [-0.2, 0) is 11.3 Å². The van der Waals surface area contributed by atoms with Gasteiger partial charge >= 0.3 is 5.97 Å². The Bertz CT molecular complexity index is 405. The SMILES string of the molecule is CCC(C(=O)O)N(Cc1ccccc1N)C(C)C. The van der Waals surface area contributed by atoms with Crippen molar-refractivity contribution in [1.82, 2.24) is 4.90 Å². The highest BCUT2D eigenvalue weighted by Gasteiger charge is 2.26. The van der Waals surface area contributed by atoms with E-state index in [-0.39, 0.29) is 6.04 Å². The fourth-order valence-electron chi connectivity index (χ4n) is 2.08. The first-order valence-corrected chi connectivity index (χ1v) is 6.29. The van der Waals surface area contributed by atoms with Crippen LogP contribution in [0.4, 0.5) is 5.69 Å². The van der Waals surface area contributed by atoms with Crippen LogP contribution < -0.4 is 5.73 Å². The number of nitrogen functional groups attached to an aromatic ring is 1. The highest BCUT2D eigenvalue weighted by molar-refractivity contribution is 5.73. The molecule has 0 radical (unpaired) electrons. The van der Waals surface area contributed by atoms with Gasteiger partial charge in [0.15, 0.2) is 0 Å². The highest BCUT2D eigenvalue weighted by Crippen LogP contribution is 2.18. The Balaban J connectivity index is 2.94. The zero-order valence-corrected chi connectivity index (χ0v) is 11.3. The van der Waals surface area contributed by atoms with Gasteiger partial charge in [-0.2, -0.15) is 0 Å². The van der Waals surface area contributed by atoms with Crippen molar-refractivity contribution in [3.63, 3.8) is 0 Å². The maximum absolute atomic E-state index is 11.3. The molecule has 18 heavy (non-hydrogen) atoms. The van der Waals surface area contributed by atoms with E-state index in [1.807, 2.05) is 49.9 Å². The van der Waals surface area contributed by atoms with Gasteiger partial charge in [0.25, 0.3) is 0 Å². The minimum absolute atomic E-state index is 0.158.